The number of benzene rings is 1. The van der Waals surface area contributed by atoms with Gasteiger partial charge >= 0.3 is 0 Å². The van der Waals surface area contributed by atoms with Gasteiger partial charge in [-0.05, 0) is 37.5 Å². The first-order valence-electron chi connectivity index (χ1n) is 6.95. The second kappa shape index (κ2) is 7.06. The zero-order valence-corrected chi connectivity index (χ0v) is 12.6. The monoisotopic (exact) mass is 298 g/mol. The van der Waals surface area contributed by atoms with Crippen LogP contribution in [0.1, 0.15) is 18.4 Å². The third kappa shape index (κ3) is 5.90. The standard InChI is InChI=1S/C14H22N2O3S/c1-12-3-2-4-14(11-12)19-9-7-16-20(17,18)10-8-15-13-5-6-13/h2-4,11,13,15-16H,5-10H2,1H3. The number of hydrogen-bond acceptors (Lipinski definition) is 4. The molecule has 1 aromatic carbocycles. The molecule has 112 valence electrons. The highest BCUT2D eigenvalue weighted by atomic mass is 32.2. The van der Waals surface area contributed by atoms with E-state index in [4.69, 9.17) is 4.74 Å². The normalized spacial score (nSPS) is 15.2. The van der Waals surface area contributed by atoms with Crippen molar-refractivity contribution in [2.24, 2.45) is 0 Å². The smallest absolute Gasteiger partial charge is 0.212 e. The molecule has 0 atom stereocenters. The molecule has 0 radical (unpaired) electrons. The average molecular weight is 298 g/mol. The molecule has 1 aromatic rings. The van der Waals surface area contributed by atoms with Crippen LogP contribution in [0.4, 0.5) is 0 Å². The Morgan fingerprint density at radius 1 is 1.30 bits per heavy atom. The van der Waals surface area contributed by atoms with Crippen LogP contribution in [-0.4, -0.2) is 39.9 Å². The summed E-state index contributed by atoms with van der Waals surface area (Å²) in [6, 6.07) is 8.23. The first kappa shape index (κ1) is 15.3. The number of rotatable bonds is 9. The number of nitrogens with one attached hydrogen (secondary N) is 2. The molecule has 1 aliphatic carbocycles. The minimum absolute atomic E-state index is 0.119. The van der Waals surface area contributed by atoms with E-state index in [0.29, 0.717) is 25.7 Å². The fourth-order valence-electron chi connectivity index (χ4n) is 1.83. The van der Waals surface area contributed by atoms with Gasteiger partial charge in [0.1, 0.15) is 12.4 Å². The molecule has 0 saturated heterocycles. The summed E-state index contributed by atoms with van der Waals surface area (Å²) in [5, 5.41) is 3.18. The van der Waals surface area contributed by atoms with Gasteiger partial charge in [-0.25, -0.2) is 13.1 Å². The molecule has 5 nitrogen and oxygen atoms in total. The fourth-order valence-corrected chi connectivity index (χ4v) is 2.75. The first-order valence-corrected chi connectivity index (χ1v) is 8.60. The Morgan fingerprint density at radius 3 is 2.80 bits per heavy atom. The Morgan fingerprint density at radius 2 is 2.10 bits per heavy atom. The van der Waals surface area contributed by atoms with E-state index in [1.165, 1.54) is 0 Å². The Balaban J connectivity index is 1.61. The van der Waals surface area contributed by atoms with E-state index in [1.54, 1.807) is 0 Å². The number of ether oxygens (including phenoxy) is 1. The van der Waals surface area contributed by atoms with E-state index in [9.17, 15) is 8.42 Å². The molecule has 2 rings (SSSR count). The van der Waals surface area contributed by atoms with Crippen LogP contribution in [0.5, 0.6) is 5.75 Å². The molecule has 1 fully saturated rings. The van der Waals surface area contributed by atoms with E-state index in [0.717, 1.165) is 24.2 Å². The van der Waals surface area contributed by atoms with Crippen LogP contribution in [0.3, 0.4) is 0 Å². The van der Waals surface area contributed by atoms with Crippen molar-refractivity contribution in [2.45, 2.75) is 25.8 Å². The maximum absolute atomic E-state index is 11.7. The van der Waals surface area contributed by atoms with Crippen molar-refractivity contribution in [1.29, 1.82) is 0 Å². The second-order valence-corrected chi connectivity index (χ2v) is 7.03. The van der Waals surface area contributed by atoms with Crippen molar-refractivity contribution in [1.82, 2.24) is 10.0 Å². The van der Waals surface area contributed by atoms with Crippen molar-refractivity contribution in [3.63, 3.8) is 0 Å². The van der Waals surface area contributed by atoms with Crippen molar-refractivity contribution < 1.29 is 13.2 Å². The minimum atomic E-state index is -3.20. The topological polar surface area (TPSA) is 67.4 Å². The summed E-state index contributed by atoms with van der Waals surface area (Å²) in [5.74, 6) is 0.883. The fraction of sp³-hybridized carbons (Fsp3) is 0.571. The van der Waals surface area contributed by atoms with E-state index < -0.39 is 10.0 Å². The quantitative estimate of drug-likeness (QED) is 0.669. The molecule has 0 bridgehead atoms. The SMILES string of the molecule is Cc1cccc(OCCNS(=O)(=O)CCNC2CC2)c1. The summed E-state index contributed by atoms with van der Waals surface area (Å²) in [4.78, 5) is 0. The molecule has 0 aromatic heterocycles. The van der Waals surface area contributed by atoms with Crippen molar-refractivity contribution in [3.8, 4) is 5.75 Å². The predicted octanol–water partition coefficient (Wildman–Crippen LogP) is 1.05. The highest BCUT2D eigenvalue weighted by molar-refractivity contribution is 7.89. The zero-order chi connectivity index (χ0) is 14.4. The Bertz CT molecular complexity index is 527. The van der Waals surface area contributed by atoms with E-state index >= 15 is 0 Å². The van der Waals surface area contributed by atoms with Gasteiger partial charge < -0.3 is 10.1 Å². The minimum Gasteiger partial charge on any atom is -0.492 e. The molecule has 0 amide bonds. The van der Waals surface area contributed by atoms with Gasteiger partial charge in [-0.2, -0.15) is 0 Å². The van der Waals surface area contributed by atoms with Crippen LogP contribution in [0.2, 0.25) is 0 Å². The van der Waals surface area contributed by atoms with E-state index in [2.05, 4.69) is 10.0 Å². The van der Waals surface area contributed by atoms with Gasteiger partial charge in [0.15, 0.2) is 0 Å². The Hall–Kier alpha value is -1.11. The molecule has 1 saturated carbocycles. The van der Waals surface area contributed by atoms with E-state index in [-0.39, 0.29) is 5.75 Å². The van der Waals surface area contributed by atoms with E-state index in [1.807, 2.05) is 31.2 Å². The number of aryl methyl sites for hydroxylation is 1. The van der Waals surface area contributed by atoms with Crippen molar-refractivity contribution >= 4 is 10.0 Å². The molecule has 0 aliphatic heterocycles. The van der Waals surface area contributed by atoms with Gasteiger partial charge in [0.05, 0.1) is 5.75 Å². The van der Waals surface area contributed by atoms with Crippen LogP contribution in [-0.2, 0) is 10.0 Å². The number of hydrogen-bond donors (Lipinski definition) is 2. The highest BCUT2D eigenvalue weighted by Gasteiger charge is 2.20. The molecule has 2 N–H and O–H groups in total. The summed E-state index contributed by atoms with van der Waals surface area (Å²) in [7, 11) is -3.20. The summed E-state index contributed by atoms with van der Waals surface area (Å²) >= 11 is 0. The second-order valence-electron chi connectivity index (χ2n) is 5.11. The average Bonchev–Trinajstić information content (AvgIpc) is 3.19. The largest absolute Gasteiger partial charge is 0.492 e. The maximum Gasteiger partial charge on any atom is 0.212 e. The molecule has 1 aliphatic rings. The summed E-state index contributed by atoms with van der Waals surface area (Å²) in [5.41, 5.74) is 1.12. The lowest BCUT2D eigenvalue weighted by molar-refractivity contribution is 0.322. The van der Waals surface area contributed by atoms with Gasteiger partial charge in [0.25, 0.3) is 0 Å². The van der Waals surface area contributed by atoms with Crippen LogP contribution in [0.25, 0.3) is 0 Å². The van der Waals surface area contributed by atoms with Crippen molar-refractivity contribution in [2.75, 3.05) is 25.4 Å². The highest BCUT2D eigenvalue weighted by Crippen LogP contribution is 2.18. The van der Waals surface area contributed by atoms with Crippen LogP contribution < -0.4 is 14.8 Å². The lowest BCUT2D eigenvalue weighted by atomic mass is 10.2. The molecule has 6 heteroatoms. The van der Waals surface area contributed by atoms with Crippen LogP contribution in [0, 0.1) is 6.92 Å². The lowest BCUT2D eigenvalue weighted by Crippen LogP contribution is -2.34. The molecule has 0 spiro atoms. The molecular weight excluding hydrogens is 276 g/mol. The number of sulfonamides is 1. The van der Waals surface area contributed by atoms with Gasteiger partial charge in [-0.3, -0.25) is 0 Å². The Kier molecular flexibility index (Phi) is 5.39. The third-order valence-electron chi connectivity index (χ3n) is 3.06. The lowest BCUT2D eigenvalue weighted by Gasteiger charge is -2.09. The molecule has 20 heavy (non-hydrogen) atoms. The van der Waals surface area contributed by atoms with Gasteiger partial charge in [0.2, 0.25) is 10.0 Å². The first-order chi connectivity index (χ1) is 9.55. The Labute approximate surface area is 120 Å². The van der Waals surface area contributed by atoms with Crippen LogP contribution >= 0.6 is 0 Å². The van der Waals surface area contributed by atoms with Gasteiger partial charge in [-0.1, -0.05) is 12.1 Å². The van der Waals surface area contributed by atoms with Crippen molar-refractivity contribution in [3.05, 3.63) is 29.8 Å². The summed E-state index contributed by atoms with van der Waals surface area (Å²) in [6.07, 6.45) is 2.33. The van der Waals surface area contributed by atoms with Crippen LogP contribution in [0.15, 0.2) is 24.3 Å². The van der Waals surface area contributed by atoms with Gasteiger partial charge in [0, 0.05) is 19.1 Å². The molecule has 0 unspecified atom stereocenters. The third-order valence-corrected chi connectivity index (χ3v) is 4.45. The summed E-state index contributed by atoms with van der Waals surface area (Å²) < 4.78 is 31.4. The molecule has 0 heterocycles. The van der Waals surface area contributed by atoms with Gasteiger partial charge in [-0.15, -0.1) is 0 Å². The maximum atomic E-state index is 11.7. The predicted molar refractivity (Wildman–Crippen MR) is 79.5 cm³/mol. The summed E-state index contributed by atoms with van der Waals surface area (Å²) in [6.45, 7) is 3.12. The zero-order valence-electron chi connectivity index (χ0n) is 11.8. The molecular formula is C14H22N2O3S.